The number of carboxylic acids is 1. The molecule has 0 aromatic heterocycles. The van der Waals surface area contributed by atoms with E-state index in [4.69, 9.17) is 4.74 Å². The fourth-order valence-electron chi connectivity index (χ4n) is 4.51. The lowest BCUT2D eigenvalue weighted by molar-refractivity contribution is -0.138. The van der Waals surface area contributed by atoms with Crippen LogP contribution in [-0.2, 0) is 4.79 Å². The maximum atomic E-state index is 11.6. The van der Waals surface area contributed by atoms with Crippen molar-refractivity contribution in [3.8, 4) is 5.75 Å². The van der Waals surface area contributed by atoms with Gasteiger partial charge in [-0.2, -0.15) is 0 Å². The topological polar surface area (TPSA) is 58.6 Å². The van der Waals surface area contributed by atoms with E-state index in [1.54, 1.807) is 0 Å². The van der Waals surface area contributed by atoms with Crippen molar-refractivity contribution >= 4 is 11.7 Å². The van der Waals surface area contributed by atoms with Gasteiger partial charge in [-0.25, -0.2) is 4.79 Å². The molecular formula is C26H43NO3. The van der Waals surface area contributed by atoms with Gasteiger partial charge in [0.2, 0.25) is 0 Å². The Morgan fingerprint density at radius 1 is 1.13 bits per heavy atom. The van der Waals surface area contributed by atoms with Gasteiger partial charge in [0.25, 0.3) is 0 Å². The Hall–Kier alpha value is -1.71. The highest BCUT2D eigenvalue weighted by Crippen LogP contribution is 2.43. The molecule has 30 heavy (non-hydrogen) atoms. The first-order valence-electron chi connectivity index (χ1n) is 11.9. The van der Waals surface area contributed by atoms with Crippen LogP contribution >= 0.6 is 0 Å². The van der Waals surface area contributed by atoms with Crippen molar-refractivity contribution in [2.75, 3.05) is 5.32 Å². The number of aliphatic carboxylic acids is 1. The second kappa shape index (κ2) is 11.1. The van der Waals surface area contributed by atoms with Crippen molar-refractivity contribution in [1.29, 1.82) is 0 Å². The highest BCUT2D eigenvalue weighted by atomic mass is 16.5. The zero-order valence-corrected chi connectivity index (χ0v) is 19.8. The Kier molecular flexibility index (Phi) is 9.06. The lowest BCUT2D eigenvalue weighted by Crippen LogP contribution is -2.39. The zero-order chi connectivity index (χ0) is 22.2. The molecule has 170 valence electrons. The van der Waals surface area contributed by atoms with Crippen molar-refractivity contribution in [2.24, 2.45) is 11.3 Å². The van der Waals surface area contributed by atoms with Gasteiger partial charge in [-0.1, -0.05) is 59.8 Å². The van der Waals surface area contributed by atoms with Gasteiger partial charge in [-0.15, -0.1) is 0 Å². The Balaban J connectivity index is 1.85. The first kappa shape index (κ1) is 24.6. The summed E-state index contributed by atoms with van der Waals surface area (Å²) in [7, 11) is 0. The monoisotopic (exact) mass is 417 g/mol. The minimum atomic E-state index is -0.783. The molecule has 0 radical (unpaired) electrons. The molecule has 0 bridgehead atoms. The molecule has 2 N–H and O–H groups in total. The van der Waals surface area contributed by atoms with Crippen LogP contribution in [0.2, 0.25) is 0 Å². The van der Waals surface area contributed by atoms with Crippen LogP contribution in [0.5, 0.6) is 5.75 Å². The van der Waals surface area contributed by atoms with Crippen LogP contribution in [-0.4, -0.2) is 22.7 Å². The van der Waals surface area contributed by atoms with Crippen molar-refractivity contribution in [3.05, 3.63) is 24.3 Å². The standard InChI is InChI=1S/C26H43NO3/c1-6-7-8-9-10-11-23(24(28)29)27-21-12-14-22(15-13-21)30-26(5)18-16-20(17-19-26)25(2,3)4/h12-15,20,23,27H,6-11,16-19H2,1-5H3,(H,28,29)/t20-,23?,26+. The predicted octanol–water partition coefficient (Wildman–Crippen LogP) is 7.29. The summed E-state index contributed by atoms with van der Waals surface area (Å²) in [6.45, 7) is 11.4. The summed E-state index contributed by atoms with van der Waals surface area (Å²) in [6, 6.07) is 7.26. The molecule has 0 aliphatic heterocycles. The summed E-state index contributed by atoms with van der Waals surface area (Å²) in [4.78, 5) is 11.6. The van der Waals surface area contributed by atoms with E-state index in [0.717, 1.165) is 43.0 Å². The molecule has 1 aliphatic rings. The van der Waals surface area contributed by atoms with Gasteiger partial charge in [0, 0.05) is 5.69 Å². The number of ether oxygens (including phenoxy) is 1. The first-order valence-corrected chi connectivity index (χ1v) is 11.9. The smallest absolute Gasteiger partial charge is 0.326 e. The summed E-state index contributed by atoms with van der Waals surface area (Å²) in [5.74, 6) is 0.841. The lowest BCUT2D eigenvalue weighted by Gasteiger charge is -2.42. The molecule has 0 spiro atoms. The van der Waals surface area contributed by atoms with E-state index in [2.05, 4.69) is 39.9 Å². The van der Waals surface area contributed by atoms with Crippen LogP contribution in [0.3, 0.4) is 0 Å². The average Bonchev–Trinajstić information content (AvgIpc) is 2.67. The van der Waals surface area contributed by atoms with Crippen LogP contribution in [0.1, 0.15) is 98.8 Å². The SMILES string of the molecule is CCCCCCCC(Nc1ccc(O[C@]2(C)CC[C@H](C(C)(C)C)CC2)cc1)C(=O)O. The second-order valence-electron chi connectivity index (χ2n) is 10.5. The minimum absolute atomic E-state index is 0.112. The van der Waals surface area contributed by atoms with Crippen LogP contribution in [0, 0.1) is 11.3 Å². The summed E-state index contributed by atoms with van der Waals surface area (Å²) in [6.07, 6.45) is 10.9. The van der Waals surface area contributed by atoms with Crippen molar-refractivity contribution in [2.45, 2.75) is 110 Å². The lowest BCUT2D eigenvalue weighted by atomic mass is 9.69. The Bertz CT molecular complexity index is 639. The second-order valence-corrected chi connectivity index (χ2v) is 10.5. The number of carboxylic acid groups (broad SMARTS) is 1. The molecule has 1 aromatic carbocycles. The van der Waals surface area contributed by atoms with Crippen LogP contribution < -0.4 is 10.1 Å². The molecule has 1 fully saturated rings. The molecule has 1 aromatic rings. The number of hydrogen-bond acceptors (Lipinski definition) is 3. The van der Waals surface area contributed by atoms with Crippen molar-refractivity contribution in [3.63, 3.8) is 0 Å². The van der Waals surface area contributed by atoms with Crippen LogP contribution in [0.4, 0.5) is 5.69 Å². The number of benzene rings is 1. The molecular weight excluding hydrogens is 374 g/mol. The minimum Gasteiger partial charge on any atom is -0.488 e. The average molecular weight is 418 g/mol. The molecule has 0 amide bonds. The third kappa shape index (κ3) is 7.85. The fraction of sp³-hybridized carbons (Fsp3) is 0.731. The van der Waals surface area contributed by atoms with E-state index in [0.29, 0.717) is 11.8 Å². The maximum absolute atomic E-state index is 11.6. The van der Waals surface area contributed by atoms with Gasteiger partial charge in [0.1, 0.15) is 17.4 Å². The van der Waals surface area contributed by atoms with E-state index in [1.807, 2.05) is 24.3 Å². The maximum Gasteiger partial charge on any atom is 0.326 e. The van der Waals surface area contributed by atoms with Crippen molar-refractivity contribution < 1.29 is 14.6 Å². The molecule has 1 aliphatic carbocycles. The van der Waals surface area contributed by atoms with Gasteiger partial charge in [0.15, 0.2) is 0 Å². The summed E-state index contributed by atoms with van der Waals surface area (Å²) in [5.41, 5.74) is 1.09. The van der Waals surface area contributed by atoms with Gasteiger partial charge in [0.05, 0.1) is 0 Å². The van der Waals surface area contributed by atoms with E-state index in [1.165, 1.54) is 32.1 Å². The highest BCUT2D eigenvalue weighted by Gasteiger charge is 2.37. The fourth-order valence-corrected chi connectivity index (χ4v) is 4.51. The third-order valence-electron chi connectivity index (χ3n) is 6.72. The molecule has 4 heteroatoms. The van der Waals surface area contributed by atoms with Gasteiger partial charge in [-0.05, 0) is 74.6 Å². The van der Waals surface area contributed by atoms with E-state index >= 15 is 0 Å². The van der Waals surface area contributed by atoms with E-state index < -0.39 is 12.0 Å². The molecule has 2 rings (SSSR count). The first-order chi connectivity index (χ1) is 14.1. The zero-order valence-electron chi connectivity index (χ0n) is 19.8. The Morgan fingerprint density at radius 2 is 1.73 bits per heavy atom. The van der Waals surface area contributed by atoms with Crippen LogP contribution in [0.15, 0.2) is 24.3 Å². The number of carbonyl (C=O) groups is 1. The van der Waals surface area contributed by atoms with Crippen LogP contribution in [0.25, 0.3) is 0 Å². The summed E-state index contributed by atoms with van der Waals surface area (Å²) in [5, 5.41) is 12.7. The quantitative estimate of drug-likeness (QED) is 0.371. The Labute approximate surface area is 183 Å². The molecule has 4 nitrogen and oxygen atoms in total. The number of unbranched alkanes of at least 4 members (excludes halogenated alkanes) is 4. The Morgan fingerprint density at radius 3 is 2.27 bits per heavy atom. The number of nitrogens with one attached hydrogen (secondary N) is 1. The predicted molar refractivity (Wildman–Crippen MR) is 125 cm³/mol. The van der Waals surface area contributed by atoms with Gasteiger partial charge < -0.3 is 15.2 Å². The summed E-state index contributed by atoms with van der Waals surface area (Å²) < 4.78 is 6.37. The summed E-state index contributed by atoms with van der Waals surface area (Å²) >= 11 is 0. The van der Waals surface area contributed by atoms with E-state index in [-0.39, 0.29) is 5.60 Å². The molecule has 0 saturated heterocycles. The molecule has 0 heterocycles. The number of rotatable bonds is 11. The van der Waals surface area contributed by atoms with Gasteiger partial charge in [-0.3, -0.25) is 0 Å². The third-order valence-corrected chi connectivity index (χ3v) is 6.72. The molecule has 1 saturated carbocycles. The van der Waals surface area contributed by atoms with E-state index in [9.17, 15) is 9.90 Å². The van der Waals surface area contributed by atoms with Crippen molar-refractivity contribution in [1.82, 2.24) is 0 Å². The largest absolute Gasteiger partial charge is 0.488 e. The van der Waals surface area contributed by atoms with Gasteiger partial charge >= 0.3 is 5.97 Å². The highest BCUT2D eigenvalue weighted by molar-refractivity contribution is 5.77. The number of hydrogen-bond donors (Lipinski definition) is 2. The molecule has 1 unspecified atom stereocenters. The molecule has 1 atom stereocenters. The normalized spacial score (nSPS) is 23.0. The number of anilines is 1.